The Morgan fingerprint density at radius 2 is 1.87 bits per heavy atom. The molecule has 0 fully saturated rings. The van der Waals surface area contributed by atoms with Crippen LogP contribution in [0.15, 0.2) is 44.5 Å². The number of H-pyrrole nitrogens is 3. The molecule has 0 aliphatic carbocycles. The lowest BCUT2D eigenvalue weighted by molar-refractivity contribution is -0.112. The number of nitrogens with one attached hydrogen (secondary N) is 4. The van der Waals surface area contributed by atoms with E-state index in [2.05, 4.69) is 31.2 Å². The Labute approximate surface area is 136 Å². The van der Waals surface area contributed by atoms with Crippen LogP contribution in [0.3, 0.4) is 0 Å². The highest BCUT2D eigenvalue weighted by molar-refractivity contribution is 9.10. The molecule has 9 heteroatoms. The lowest BCUT2D eigenvalue weighted by atomic mass is 10.1. The summed E-state index contributed by atoms with van der Waals surface area (Å²) in [5.74, 6) is -1.92. The fourth-order valence-corrected chi connectivity index (χ4v) is 2.48. The van der Waals surface area contributed by atoms with Gasteiger partial charge in [0.2, 0.25) is 0 Å². The van der Waals surface area contributed by atoms with Crippen molar-refractivity contribution in [2.45, 2.75) is 0 Å². The molecule has 0 aliphatic rings. The molecule has 1 amide bonds. The molecule has 0 unspecified atom stereocenters. The van der Waals surface area contributed by atoms with Gasteiger partial charge in [0, 0.05) is 27.6 Å². The minimum absolute atomic E-state index is 0.155. The van der Waals surface area contributed by atoms with Gasteiger partial charge in [-0.2, -0.15) is 0 Å². The van der Waals surface area contributed by atoms with Gasteiger partial charge in [-0.05, 0) is 18.2 Å². The number of benzene rings is 1. The second kappa shape index (κ2) is 5.69. The van der Waals surface area contributed by atoms with Gasteiger partial charge in [0.1, 0.15) is 5.82 Å². The minimum atomic E-state index is -0.966. The van der Waals surface area contributed by atoms with Crippen LogP contribution in [-0.2, 0) is 4.79 Å². The summed E-state index contributed by atoms with van der Waals surface area (Å²) in [6, 6.07) is 6.25. The van der Waals surface area contributed by atoms with Crippen molar-refractivity contribution in [1.82, 2.24) is 15.0 Å². The number of rotatable bonds is 3. The zero-order valence-electron chi connectivity index (χ0n) is 11.4. The average molecular weight is 377 g/mol. The zero-order valence-corrected chi connectivity index (χ0v) is 13.0. The molecule has 0 saturated heterocycles. The SMILES string of the molecule is O=C(Nc1cc(=O)[nH]c(=O)[nH]1)C(=O)c1c[nH]c2ccc(Br)cc12. The number of hydrogen-bond donors (Lipinski definition) is 4. The van der Waals surface area contributed by atoms with Crippen LogP contribution in [0.25, 0.3) is 10.9 Å². The van der Waals surface area contributed by atoms with Gasteiger partial charge in [0.05, 0.1) is 5.56 Å². The smallest absolute Gasteiger partial charge is 0.327 e. The third-order valence-corrected chi connectivity index (χ3v) is 3.60. The average Bonchev–Trinajstić information content (AvgIpc) is 2.88. The lowest BCUT2D eigenvalue weighted by Crippen LogP contribution is -2.28. The fourth-order valence-electron chi connectivity index (χ4n) is 2.12. The third kappa shape index (κ3) is 2.99. The van der Waals surface area contributed by atoms with Crippen LogP contribution in [0.4, 0.5) is 5.82 Å². The highest BCUT2D eigenvalue weighted by Crippen LogP contribution is 2.23. The Hall–Kier alpha value is -2.94. The van der Waals surface area contributed by atoms with Gasteiger partial charge in [0.15, 0.2) is 0 Å². The molecule has 3 aromatic rings. The largest absolute Gasteiger partial charge is 0.360 e. The van der Waals surface area contributed by atoms with Crippen molar-refractivity contribution in [3.63, 3.8) is 0 Å². The van der Waals surface area contributed by atoms with E-state index >= 15 is 0 Å². The molecular weight excluding hydrogens is 368 g/mol. The molecule has 116 valence electrons. The van der Waals surface area contributed by atoms with Crippen molar-refractivity contribution in [1.29, 1.82) is 0 Å². The number of ketones is 1. The molecule has 3 rings (SSSR count). The van der Waals surface area contributed by atoms with Crippen LogP contribution >= 0.6 is 15.9 Å². The molecule has 0 bridgehead atoms. The van der Waals surface area contributed by atoms with Crippen LogP contribution in [0.5, 0.6) is 0 Å². The first kappa shape index (κ1) is 15.0. The van der Waals surface area contributed by atoms with E-state index in [1.54, 1.807) is 18.2 Å². The summed E-state index contributed by atoms with van der Waals surface area (Å²) in [7, 11) is 0. The summed E-state index contributed by atoms with van der Waals surface area (Å²) in [4.78, 5) is 53.7. The van der Waals surface area contributed by atoms with E-state index in [0.717, 1.165) is 10.5 Å². The summed E-state index contributed by atoms with van der Waals surface area (Å²) in [5.41, 5.74) is -0.580. The molecule has 2 heterocycles. The first-order valence-corrected chi connectivity index (χ1v) is 7.19. The first-order chi connectivity index (χ1) is 10.9. The van der Waals surface area contributed by atoms with Gasteiger partial charge < -0.3 is 10.3 Å². The number of hydrogen-bond acceptors (Lipinski definition) is 4. The number of carbonyl (C=O) groups excluding carboxylic acids is 2. The number of halogens is 1. The summed E-state index contributed by atoms with van der Waals surface area (Å²) in [6.45, 7) is 0. The molecule has 4 N–H and O–H groups in total. The van der Waals surface area contributed by atoms with Gasteiger partial charge in [-0.15, -0.1) is 0 Å². The second-order valence-corrected chi connectivity index (χ2v) is 5.59. The van der Waals surface area contributed by atoms with E-state index in [0.29, 0.717) is 10.9 Å². The van der Waals surface area contributed by atoms with Gasteiger partial charge >= 0.3 is 5.69 Å². The predicted octanol–water partition coefficient (Wildman–Crippen LogP) is 1.13. The Kier molecular flexibility index (Phi) is 3.70. The number of Topliss-reactive ketones (excluding diaryl/α,β-unsaturated/α-hetero) is 1. The summed E-state index contributed by atoms with van der Waals surface area (Å²) < 4.78 is 0.762. The fraction of sp³-hybridized carbons (Fsp3) is 0. The number of carbonyl (C=O) groups is 2. The monoisotopic (exact) mass is 376 g/mol. The quantitative estimate of drug-likeness (QED) is 0.403. The van der Waals surface area contributed by atoms with Crippen LogP contribution in [0.2, 0.25) is 0 Å². The van der Waals surface area contributed by atoms with Crippen LogP contribution < -0.4 is 16.6 Å². The van der Waals surface area contributed by atoms with E-state index < -0.39 is 22.9 Å². The highest BCUT2D eigenvalue weighted by Gasteiger charge is 2.20. The van der Waals surface area contributed by atoms with Crippen molar-refractivity contribution >= 4 is 44.3 Å². The normalized spacial score (nSPS) is 10.7. The maximum atomic E-state index is 12.3. The number of anilines is 1. The molecule has 0 spiro atoms. The summed E-state index contributed by atoms with van der Waals surface area (Å²) in [6.07, 6.45) is 1.43. The summed E-state index contributed by atoms with van der Waals surface area (Å²) >= 11 is 3.30. The topological polar surface area (TPSA) is 128 Å². The Morgan fingerprint density at radius 1 is 1.09 bits per heavy atom. The van der Waals surface area contributed by atoms with Crippen LogP contribution in [-0.4, -0.2) is 26.6 Å². The van der Waals surface area contributed by atoms with Gasteiger partial charge in [0.25, 0.3) is 17.2 Å². The first-order valence-electron chi connectivity index (χ1n) is 6.40. The van der Waals surface area contributed by atoms with E-state index in [4.69, 9.17) is 0 Å². The number of amides is 1. The maximum Gasteiger partial charge on any atom is 0.327 e. The van der Waals surface area contributed by atoms with Crippen molar-refractivity contribution in [3.8, 4) is 0 Å². The molecule has 2 aromatic heterocycles. The number of fused-ring (bicyclic) bond motifs is 1. The second-order valence-electron chi connectivity index (χ2n) is 4.68. The molecule has 8 nitrogen and oxygen atoms in total. The predicted molar refractivity (Wildman–Crippen MR) is 86.6 cm³/mol. The molecule has 0 saturated carbocycles. The summed E-state index contributed by atoms with van der Waals surface area (Å²) in [5, 5.41) is 2.78. The van der Waals surface area contributed by atoms with Crippen LogP contribution in [0, 0.1) is 0 Å². The van der Waals surface area contributed by atoms with Gasteiger partial charge in [-0.3, -0.25) is 24.4 Å². The molecule has 0 aliphatic heterocycles. The Balaban J connectivity index is 1.92. The third-order valence-electron chi connectivity index (χ3n) is 3.10. The molecule has 0 atom stereocenters. The lowest BCUT2D eigenvalue weighted by Gasteiger charge is -2.03. The van der Waals surface area contributed by atoms with Crippen molar-refractivity contribution in [2.24, 2.45) is 0 Å². The van der Waals surface area contributed by atoms with E-state index in [-0.39, 0.29) is 11.4 Å². The molecule has 1 aromatic carbocycles. The Morgan fingerprint density at radius 3 is 2.61 bits per heavy atom. The zero-order chi connectivity index (χ0) is 16.6. The van der Waals surface area contributed by atoms with Crippen molar-refractivity contribution in [2.75, 3.05) is 5.32 Å². The van der Waals surface area contributed by atoms with Crippen LogP contribution in [0.1, 0.15) is 10.4 Å². The number of aromatic nitrogens is 3. The molecule has 23 heavy (non-hydrogen) atoms. The standard InChI is InChI=1S/C14H9BrN4O4/c15-6-1-2-9-7(3-6)8(5-16-9)12(21)13(22)17-10-4-11(20)19-14(23)18-10/h1-5,16H,(H3,17,18,19,20,22,23). The minimum Gasteiger partial charge on any atom is -0.360 e. The number of aromatic amines is 3. The van der Waals surface area contributed by atoms with Gasteiger partial charge in [-0.1, -0.05) is 15.9 Å². The highest BCUT2D eigenvalue weighted by atomic mass is 79.9. The molecule has 0 radical (unpaired) electrons. The van der Waals surface area contributed by atoms with E-state index in [1.165, 1.54) is 6.20 Å². The van der Waals surface area contributed by atoms with Gasteiger partial charge in [-0.25, -0.2) is 4.79 Å². The van der Waals surface area contributed by atoms with E-state index in [9.17, 15) is 19.2 Å². The Bertz CT molecular complexity index is 1020. The van der Waals surface area contributed by atoms with Crippen molar-refractivity contribution < 1.29 is 9.59 Å². The van der Waals surface area contributed by atoms with Crippen molar-refractivity contribution in [3.05, 3.63) is 61.3 Å². The molecular formula is C14H9BrN4O4. The van der Waals surface area contributed by atoms with E-state index in [1.807, 2.05) is 4.98 Å². The maximum absolute atomic E-state index is 12.3.